The number of hydrogen-bond donors (Lipinski definition) is 0. The lowest BCUT2D eigenvalue weighted by molar-refractivity contribution is 0.112. The highest BCUT2D eigenvalue weighted by molar-refractivity contribution is 5.85. The standard InChI is InChI=1S/C16H19N3O/c20-11-12-4-5-15-14(9-12)17-16-10-13-3-1-2-6-18(13)7-8-19(15)16/h4-5,9,11,13H,1-3,6-8,10H2. The van der Waals surface area contributed by atoms with E-state index >= 15 is 0 Å². The van der Waals surface area contributed by atoms with Crippen LogP contribution in [-0.2, 0) is 13.0 Å². The van der Waals surface area contributed by atoms with E-state index in [2.05, 4.69) is 9.47 Å². The van der Waals surface area contributed by atoms with Gasteiger partial charge in [0, 0.05) is 31.1 Å². The van der Waals surface area contributed by atoms with Gasteiger partial charge in [0.15, 0.2) is 0 Å². The van der Waals surface area contributed by atoms with Crippen LogP contribution in [0.5, 0.6) is 0 Å². The number of aldehydes is 1. The zero-order valence-corrected chi connectivity index (χ0v) is 11.6. The Morgan fingerprint density at radius 2 is 2.15 bits per heavy atom. The van der Waals surface area contributed by atoms with Gasteiger partial charge < -0.3 is 4.57 Å². The van der Waals surface area contributed by atoms with Crippen molar-refractivity contribution < 1.29 is 4.79 Å². The molecule has 1 fully saturated rings. The lowest BCUT2D eigenvalue weighted by atomic mass is 10.00. The molecule has 1 atom stereocenters. The largest absolute Gasteiger partial charge is 0.327 e. The summed E-state index contributed by atoms with van der Waals surface area (Å²) < 4.78 is 2.35. The van der Waals surface area contributed by atoms with Crippen LogP contribution in [0.2, 0.25) is 0 Å². The first-order chi connectivity index (χ1) is 9.85. The highest BCUT2D eigenvalue weighted by atomic mass is 16.1. The molecule has 0 radical (unpaired) electrons. The van der Waals surface area contributed by atoms with E-state index in [0.717, 1.165) is 31.3 Å². The maximum absolute atomic E-state index is 10.9. The summed E-state index contributed by atoms with van der Waals surface area (Å²) in [6, 6.07) is 6.50. The molecule has 1 aromatic heterocycles. The van der Waals surface area contributed by atoms with Gasteiger partial charge in [0.1, 0.15) is 12.1 Å². The van der Waals surface area contributed by atoms with E-state index < -0.39 is 0 Å². The molecule has 0 saturated carbocycles. The fourth-order valence-electron chi connectivity index (χ4n) is 3.70. The predicted molar refractivity (Wildman–Crippen MR) is 78.0 cm³/mol. The second-order valence-corrected chi connectivity index (χ2v) is 5.94. The van der Waals surface area contributed by atoms with Gasteiger partial charge in [-0.2, -0.15) is 0 Å². The van der Waals surface area contributed by atoms with E-state index in [1.54, 1.807) is 0 Å². The van der Waals surface area contributed by atoms with E-state index in [0.29, 0.717) is 11.6 Å². The molecule has 2 aliphatic heterocycles. The van der Waals surface area contributed by atoms with Crippen LogP contribution in [-0.4, -0.2) is 39.9 Å². The molecule has 0 bridgehead atoms. The molecular formula is C16H19N3O. The van der Waals surface area contributed by atoms with E-state index in [1.807, 2.05) is 18.2 Å². The van der Waals surface area contributed by atoms with Crippen molar-refractivity contribution in [2.45, 2.75) is 38.3 Å². The molecular weight excluding hydrogens is 250 g/mol. The van der Waals surface area contributed by atoms with Crippen molar-refractivity contribution in [3.05, 3.63) is 29.6 Å². The molecule has 2 aliphatic rings. The van der Waals surface area contributed by atoms with Crippen LogP contribution in [0.25, 0.3) is 11.0 Å². The maximum Gasteiger partial charge on any atom is 0.150 e. The summed E-state index contributed by atoms with van der Waals surface area (Å²) >= 11 is 0. The fraction of sp³-hybridized carbons (Fsp3) is 0.500. The number of fused-ring (bicyclic) bond motifs is 4. The molecule has 1 saturated heterocycles. The summed E-state index contributed by atoms with van der Waals surface area (Å²) in [5.41, 5.74) is 2.85. The van der Waals surface area contributed by atoms with Gasteiger partial charge in [0.05, 0.1) is 11.0 Å². The average Bonchev–Trinajstić information content (AvgIpc) is 2.71. The molecule has 0 N–H and O–H groups in total. The van der Waals surface area contributed by atoms with Crippen molar-refractivity contribution in [3.8, 4) is 0 Å². The van der Waals surface area contributed by atoms with Crippen molar-refractivity contribution in [2.75, 3.05) is 13.1 Å². The summed E-state index contributed by atoms with van der Waals surface area (Å²) in [5, 5.41) is 0. The Balaban J connectivity index is 1.77. The predicted octanol–water partition coefficient (Wildman–Crippen LogP) is 2.26. The maximum atomic E-state index is 10.9. The molecule has 1 aromatic carbocycles. The van der Waals surface area contributed by atoms with E-state index in [1.165, 1.54) is 37.1 Å². The third-order valence-electron chi connectivity index (χ3n) is 4.77. The SMILES string of the molecule is O=Cc1ccc2c(c1)nc1n2CCN2CCCCC2C1. The summed E-state index contributed by atoms with van der Waals surface area (Å²) in [6.45, 7) is 3.38. The summed E-state index contributed by atoms with van der Waals surface area (Å²) in [4.78, 5) is 18.3. The lowest BCUT2D eigenvalue weighted by Crippen LogP contribution is -2.40. The number of nitrogens with zero attached hydrogens (tertiary/aromatic N) is 3. The number of hydrogen-bond acceptors (Lipinski definition) is 3. The number of rotatable bonds is 1. The van der Waals surface area contributed by atoms with Crippen LogP contribution >= 0.6 is 0 Å². The smallest absolute Gasteiger partial charge is 0.150 e. The summed E-state index contributed by atoms with van der Waals surface area (Å²) in [6.07, 6.45) is 5.92. The van der Waals surface area contributed by atoms with Crippen molar-refractivity contribution in [2.24, 2.45) is 0 Å². The normalized spacial score (nSPS) is 23.1. The van der Waals surface area contributed by atoms with Crippen LogP contribution in [0.3, 0.4) is 0 Å². The van der Waals surface area contributed by atoms with Crippen LogP contribution < -0.4 is 0 Å². The van der Waals surface area contributed by atoms with Crippen LogP contribution in [0.4, 0.5) is 0 Å². The van der Waals surface area contributed by atoms with Crippen LogP contribution in [0.1, 0.15) is 35.4 Å². The molecule has 4 rings (SSSR count). The first-order valence-corrected chi connectivity index (χ1v) is 7.53. The third kappa shape index (κ3) is 1.86. The molecule has 104 valence electrons. The van der Waals surface area contributed by atoms with Gasteiger partial charge in [-0.1, -0.05) is 6.42 Å². The molecule has 4 heteroatoms. The quantitative estimate of drug-likeness (QED) is 0.745. The Morgan fingerprint density at radius 3 is 3.05 bits per heavy atom. The Morgan fingerprint density at radius 1 is 1.20 bits per heavy atom. The molecule has 4 nitrogen and oxygen atoms in total. The number of carbonyl (C=O) groups excluding carboxylic acids is 1. The van der Waals surface area contributed by atoms with Crippen molar-refractivity contribution in [1.29, 1.82) is 0 Å². The first-order valence-electron chi connectivity index (χ1n) is 7.53. The Bertz CT molecular complexity index is 661. The van der Waals surface area contributed by atoms with Crippen molar-refractivity contribution in [1.82, 2.24) is 14.5 Å². The van der Waals surface area contributed by atoms with Gasteiger partial charge in [-0.25, -0.2) is 4.98 Å². The van der Waals surface area contributed by atoms with Crippen molar-refractivity contribution >= 4 is 17.3 Å². The second-order valence-electron chi connectivity index (χ2n) is 5.94. The van der Waals surface area contributed by atoms with Gasteiger partial charge in [-0.15, -0.1) is 0 Å². The minimum atomic E-state index is 0.660. The third-order valence-corrected chi connectivity index (χ3v) is 4.77. The highest BCUT2D eigenvalue weighted by Crippen LogP contribution is 2.26. The van der Waals surface area contributed by atoms with E-state index in [-0.39, 0.29) is 0 Å². The van der Waals surface area contributed by atoms with E-state index in [9.17, 15) is 4.79 Å². The van der Waals surface area contributed by atoms with E-state index in [4.69, 9.17) is 4.98 Å². The minimum Gasteiger partial charge on any atom is -0.327 e. The van der Waals surface area contributed by atoms with Crippen molar-refractivity contribution in [3.63, 3.8) is 0 Å². The lowest BCUT2D eigenvalue weighted by Gasteiger charge is -2.33. The van der Waals surface area contributed by atoms with Gasteiger partial charge >= 0.3 is 0 Å². The monoisotopic (exact) mass is 269 g/mol. The topological polar surface area (TPSA) is 38.1 Å². The van der Waals surface area contributed by atoms with Gasteiger partial charge in [-0.05, 0) is 37.6 Å². The zero-order chi connectivity index (χ0) is 13.5. The Kier molecular flexibility index (Phi) is 2.84. The second kappa shape index (κ2) is 4.70. The molecule has 1 unspecified atom stereocenters. The fourth-order valence-corrected chi connectivity index (χ4v) is 3.70. The number of imidazole rings is 1. The molecule has 3 heterocycles. The molecule has 20 heavy (non-hydrogen) atoms. The number of piperidine rings is 1. The zero-order valence-electron chi connectivity index (χ0n) is 11.6. The Hall–Kier alpha value is -1.68. The number of carbonyl (C=O) groups is 1. The van der Waals surface area contributed by atoms with Gasteiger partial charge in [0.25, 0.3) is 0 Å². The molecule has 0 amide bonds. The molecule has 2 aromatic rings. The van der Waals surface area contributed by atoms with Crippen LogP contribution in [0, 0.1) is 0 Å². The van der Waals surface area contributed by atoms with Crippen LogP contribution in [0.15, 0.2) is 18.2 Å². The number of aromatic nitrogens is 2. The van der Waals surface area contributed by atoms with Gasteiger partial charge in [0.2, 0.25) is 0 Å². The minimum absolute atomic E-state index is 0.660. The number of benzene rings is 1. The highest BCUT2D eigenvalue weighted by Gasteiger charge is 2.27. The van der Waals surface area contributed by atoms with Gasteiger partial charge in [-0.3, -0.25) is 9.69 Å². The summed E-state index contributed by atoms with van der Waals surface area (Å²) in [7, 11) is 0. The Labute approximate surface area is 118 Å². The first kappa shape index (κ1) is 12.1. The average molecular weight is 269 g/mol. The molecule has 0 aliphatic carbocycles. The molecule has 0 spiro atoms. The summed E-state index contributed by atoms with van der Waals surface area (Å²) in [5.74, 6) is 1.19.